The molecule has 0 saturated carbocycles. The van der Waals surface area contributed by atoms with Crippen LogP contribution in [0.25, 0.3) is 0 Å². The third-order valence-electron chi connectivity index (χ3n) is 3.26. The third-order valence-corrected chi connectivity index (χ3v) is 3.26. The maximum absolute atomic E-state index is 11.8. The maximum atomic E-state index is 11.8. The van der Waals surface area contributed by atoms with Gasteiger partial charge in [0.25, 0.3) is 0 Å². The number of ether oxygens (including phenoxy) is 1. The topological polar surface area (TPSA) is 70.7 Å². The molecule has 122 valence electrons. The van der Waals surface area contributed by atoms with Gasteiger partial charge in [-0.25, -0.2) is 9.59 Å². The molecule has 0 fully saturated rings. The number of benzene rings is 1. The normalized spacial score (nSPS) is 10.4. The fourth-order valence-electron chi connectivity index (χ4n) is 1.95. The molecule has 1 aromatic rings. The van der Waals surface area contributed by atoms with Gasteiger partial charge in [0.1, 0.15) is 0 Å². The van der Waals surface area contributed by atoms with Crippen LogP contribution in [0.4, 0.5) is 10.5 Å². The molecular formula is C16H25N3O3. The second-order valence-electron chi connectivity index (χ2n) is 4.71. The van der Waals surface area contributed by atoms with Gasteiger partial charge < -0.3 is 20.3 Å². The summed E-state index contributed by atoms with van der Waals surface area (Å²) in [4.78, 5) is 25.5. The predicted octanol–water partition coefficient (Wildman–Crippen LogP) is 2.33. The van der Waals surface area contributed by atoms with Crippen LogP contribution in [-0.2, 0) is 4.74 Å². The largest absolute Gasteiger partial charge is 0.462 e. The molecule has 0 aliphatic carbocycles. The van der Waals surface area contributed by atoms with Gasteiger partial charge in [0.05, 0.1) is 12.2 Å². The van der Waals surface area contributed by atoms with Crippen molar-refractivity contribution in [1.29, 1.82) is 0 Å². The molecule has 0 aliphatic heterocycles. The van der Waals surface area contributed by atoms with Crippen LogP contribution in [0.3, 0.4) is 0 Å². The number of likely N-dealkylation sites (N-methyl/N-ethyl adjacent to an activating group) is 1. The zero-order valence-electron chi connectivity index (χ0n) is 13.5. The zero-order chi connectivity index (χ0) is 16.4. The van der Waals surface area contributed by atoms with Gasteiger partial charge in [-0.2, -0.15) is 0 Å². The third kappa shape index (κ3) is 6.13. The van der Waals surface area contributed by atoms with Crippen LogP contribution >= 0.6 is 0 Å². The molecule has 0 aliphatic rings. The quantitative estimate of drug-likeness (QED) is 0.723. The standard InChI is InChI=1S/C16H25N3O3/c1-4-19(5-2)12-11-17-16(21)18-14-9-7-13(8-10-14)15(20)22-6-3/h7-10H,4-6,11-12H2,1-3H3,(H2,17,18,21). The van der Waals surface area contributed by atoms with Crippen molar-refractivity contribution >= 4 is 17.7 Å². The van der Waals surface area contributed by atoms with Crippen molar-refractivity contribution in [3.8, 4) is 0 Å². The highest BCUT2D eigenvalue weighted by molar-refractivity contribution is 5.92. The number of nitrogens with zero attached hydrogens (tertiary/aromatic N) is 1. The smallest absolute Gasteiger partial charge is 0.338 e. The van der Waals surface area contributed by atoms with Gasteiger partial charge in [-0.05, 0) is 44.3 Å². The number of esters is 1. The Bertz CT molecular complexity index is 470. The minimum atomic E-state index is -0.363. The van der Waals surface area contributed by atoms with Gasteiger partial charge in [-0.1, -0.05) is 13.8 Å². The molecule has 0 saturated heterocycles. The first kappa shape index (κ1) is 18.0. The molecule has 0 aromatic heterocycles. The molecule has 0 unspecified atom stereocenters. The molecule has 2 amide bonds. The molecule has 6 nitrogen and oxygen atoms in total. The summed E-state index contributed by atoms with van der Waals surface area (Å²) >= 11 is 0. The Kier molecular flexibility index (Phi) is 7.99. The molecule has 0 radical (unpaired) electrons. The van der Waals surface area contributed by atoms with Crippen LogP contribution < -0.4 is 10.6 Å². The number of anilines is 1. The van der Waals surface area contributed by atoms with E-state index in [0.29, 0.717) is 24.4 Å². The number of carbonyl (C=O) groups excluding carboxylic acids is 2. The highest BCUT2D eigenvalue weighted by atomic mass is 16.5. The summed E-state index contributed by atoms with van der Waals surface area (Å²) in [7, 11) is 0. The Balaban J connectivity index is 2.40. The minimum absolute atomic E-state index is 0.254. The van der Waals surface area contributed by atoms with Crippen molar-refractivity contribution in [1.82, 2.24) is 10.2 Å². The number of hydrogen-bond donors (Lipinski definition) is 2. The minimum Gasteiger partial charge on any atom is -0.462 e. The van der Waals surface area contributed by atoms with Crippen LogP contribution in [-0.4, -0.2) is 49.7 Å². The maximum Gasteiger partial charge on any atom is 0.338 e. The summed E-state index contributed by atoms with van der Waals surface area (Å²) in [6.45, 7) is 9.63. The van der Waals surface area contributed by atoms with E-state index in [1.165, 1.54) is 0 Å². The van der Waals surface area contributed by atoms with Crippen molar-refractivity contribution in [2.24, 2.45) is 0 Å². The van der Waals surface area contributed by atoms with E-state index in [1.54, 1.807) is 31.2 Å². The van der Waals surface area contributed by atoms with Gasteiger partial charge in [-0.15, -0.1) is 0 Å². The van der Waals surface area contributed by atoms with Crippen LogP contribution in [0.1, 0.15) is 31.1 Å². The first-order chi connectivity index (χ1) is 10.6. The lowest BCUT2D eigenvalue weighted by molar-refractivity contribution is 0.0526. The van der Waals surface area contributed by atoms with E-state index >= 15 is 0 Å². The number of amides is 2. The number of nitrogens with one attached hydrogen (secondary N) is 2. The van der Waals surface area contributed by atoms with Gasteiger partial charge in [0.2, 0.25) is 0 Å². The number of hydrogen-bond acceptors (Lipinski definition) is 4. The Morgan fingerprint density at radius 3 is 2.27 bits per heavy atom. The molecule has 0 atom stereocenters. The number of rotatable bonds is 8. The van der Waals surface area contributed by atoms with E-state index in [1.807, 2.05) is 0 Å². The highest BCUT2D eigenvalue weighted by Crippen LogP contribution is 2.10. The molecule has 0 heterocycles. The molecule has 6 heteroatoms. The van der Waals surface area contributed by atoms with Crippen LogP contribution in [0.2, 0.25) is 0 Å². The van der Waals surface area contributed by atoms with Crippen molar-refractivity contribution in [3.63, 3.8) is 0 Å². The van der Waals surface area contributed by atoms with Crippen LogP contribution in [0.15, 0.2) is 24.3 Å². The Morgan fingerprint density at radius 1 is 1.09 bits per heavy atom. The summed E-state index contributed by atoms with van der Waals surface area (Å²) in [6.07, 6.45) is 0. The van der Waals surface area contributed by atoms with Gasteiger partial charge in [-0.3, -0.25) is 0 Å². The fraction of sp³-hybridized carbons (Fsp3) is 0.500. The number of urea groups is 1. The van der Waals surface area contributed by atoms with Gasteiger partial charge in [0, 0.05) is 18.8 Å². The van der Waals surface area contributed by atoms with Crippen molar-refractivity contribution < 1.29 is 14.3 Å². The average Bonchev–Trinajstić information content (AvgIpc) is 2.52. The summed E-state index contributed by atoms with van der Waals surface area (Å²) in [5.74, 6) is -0.363. The summed E-state index contributed by atoms with van der Waals surface area (Å²) in [5.41, 5.74) is 1.10. The van der Waals surface area contributed by atoms with Crippen molar-refractivity contribution in [2.45, 2.75) is 20.8 Å². The molecule has 1 rings (SSSR count). The van der Waals surface area contributed by atoms with E-state index in [0.717, 1.165) is 19.6 Å². The number of carbonyl (C=O) groups is 2. The Morgan fingerprint density at radius 2 is 1.73 bits per heavy atom. The second kappa shape index (κ2) is 9.78. The van der Waals surface area contributed by atoms with Crippen molar-refractivity contribution in [3.05, 3.63) is 29.8 Å². The van der Waals surface area contributed by atoms with Crippen LogP contribution in [0.5, 0.6) is 0 Å². The molecule has 2 N–H and O–H groups in total. The monoisotopic (exact) mass is 307 g/mol. The van der Waals surface area contributed by atoms with E-state index in [4.69, 9.17) is 4.74 Å². The molecule has 0 bridgehead atoms. The van der Waals surface area contributed by atoms with Gasteiger partial charge >= 0.3 is 12.0 Å². The second-order valence-corrected chi connectivity index (χ2v) is 4.71. The zero-order valence-corrected chi connectivity index (χ0v) is 13.5. The lowest BCUT2D eigenvalue weighted by atomic mass is 10.2. The molecule has 0 spiro atoms. The van der Waals surface area contributed by atoms with E-state index in [-0.39, 0.29) is 12.0 Å². The molecular weight excluding hydrogens is 282 g/mol. The Labute approximate surface area is 131 Å². The summed E-state index contributed by atoms with van der Waals surface area (Å²) in [5, 5.41) is 5.53. The van der Waals surface area contributed by atoms with Gasteiger partial charge in [0.15, 0.2) is 0 Å². The highest BCUT2D eigenvalue weighted by Gasteiger charge is 2.07. The molecule has 1 aromatic carbocycles. The lowest BCUT2D eigenvalue weighted by Gasteiger charge is -2.18. The van der Waals surface area contributed by atoms with Crippen molar-refractivity contribution in [2.75, 3.05) is 38.1 Å². The lowest BCUT2D eigenvalue weighted by Crippen LogP contribution is -2.36. The molecule has 22 heavy (non-hydrogen) atoms. The predicted molar refractivity (Wildman–Crippen MR) is 87.2 cm³/mol. The van der Waals surface area contributed by atoms with E-state index < -0.39 is 0 Å². The van der Waals surface area contributed by atoms with Crippen LogP contribution in [0, 0.1) is 0 Å². The summed E-state index contributed by atoms with van der Waals surface area (Å²) < 4.78 is 4.90. The summed E-state index contributed by atoms with van der Waals surface area (Å²) in [6, 6.07) is 6.36. The fourth-order valence-corrected chi connectivity index (χ4v) is 1.95. The Hall–Kier alpha value is -2.08. The van der Waals surface area contributed by atoms with E-state index in [9.17, 15) is 9.59 Å². The first-order valence-electron chi connectivity index (χ1n) is 7.65. The van der Waals surface area contributed by atoms with E-state index in [2.05, 4.69) is 29.4 Å². The SMILES string of the molecule is CCOC(=O)c1ccc(NC(=O)NCCN(CC)CC)cc1. The average molecular weight is 307 g/mol. The first-order valence-corrected chi connectivity index (χ1v) is 7.65.